The molecule has 41 heavy (non-hydrogen) atoms. The van der Waals surface area contributed by atoms with Gasteiger partial charge in [0.2, 0.25) is 0 Å². The maximum atomic E-state index is 13.6. The predicted octanol–water partition coefficient (Wildman–Crippen LogP) is 7.03. The monoisotopic (exact) mass is 562 g/mol. The van der Waals surface area contributed by atoms with Gasteiger partial charge in [0.1, 0.15) is 17.1 Å². The Labute approximate surface area is 239 Å². The van der Waals surface area contributed by atoms with Gasteiger partial charge in [-0.15, -0.1) is 0 Å². The highest BCUT2D eigenvalue weighted by molar-refractivity contribution is 7.92. The van der Waals surface area contributed by atoms with Gasteiger partial charge in [0.25, 0.3) is 10.0 Å². The summed E-state index contributed by atoms with van der Waals surface area (Å²) in [6, 6.07) is 31.6. The summed E-state index contributed by atoms with van der Waals surface area (Å²) in [5, 5.41) is 5.43. The van der Waals surface area contributed by atoms with E-state index >= 15 is 0 Å². The lowest BCUT2D eigenvalue weighted by atomic mass is 9.88. The van der Waals surface area contributed by atoms with Gasteiger partial charge in [-0.3, -0.25) is 4.72 Å². The van der Waals surface area contributed by atoms with Crippen LogP contribution in [0.2, 0.25) is 0 Å². The maximum absolute atomic E-state index is 13.6. The third-order valence-corrected chi connectivity index (χ3v) is 8.42. The molecule has 1 radical (unpaired) electrons. The minimum Gasteiger partial charge on any atom is -0.497 e. The van der Waals surface area contributed by atoms with Crippen molar-refractivity contribution in [1.82, 2.24) is 9.78 Å². The summed E-state index contributed by atoms with van der Waals surface area (Å²) in [6.07, 6.45) is 3.43. The summed E-state index contributed by atoms with van der Waals surface area (Å²) in [5.74, 6) is 0.709. The van der Waals surface area contributed by atoms with Gasteiger partial charge in [-0.2, -0.15) is 5.10 Å². The first-order chi connectivity index (χ1) is 19.8. The molecule has 0 amide bonds. The molecule has 7 nitrogen and oxygen atoms in total. The number of methoxy groups -OCH3 is 1. The molecule has 2 aromatic heterocycles. The van der Waals surface area contributed by atoms with E-state index in [1.807, 2.05) is 92.7 Å². The fraction of sp³-hybridized carbons (Fsp3) is 0.121. The molecule has 0 bridgehead atoms. The zero-order valence-electron chi connectivity index (χ0n) is 22.8. The second-order valence-electron chi connectivity index (χ2n) is 9.82. The highest BCUT2D eigenvalue weighted by Crippen LogP contribution is 2.43. The first-order valence-corrected chi connectivity index (χ1v) is 14.6. The number of benzene rings is 4. The number of para-hydroxylation sites is 1. The Bertz CT molecular complexity index is 1930. The number of ether oxygens (including phenoxy) is 1. The van der Waals surface area contributed by atoms with Crippen molar-refractivity contribution in [3.8, 4) is 11.4 Å². The van der Waals surface area contributed by atoms with Gasteiger partial charge in [0.15, 0.2) is 0 Å². The standard InChI is InChI=1S/C33H28N3O4S/c1-22-13-19-27(20-14-22)41(37,38)35-32-28-11-7-8-12-30(28)40-33(32)31(24-9-5-4-6-10-24)29-21-36(34-23(29)2)25-15-17-26(39-3)18-16-25/h4-20,31,35H,1-3H3. The van der Waals surface area contributed by atoms with Crippen molar-refractivity contribution in [3.05, 3.63) is 137 Å². The summed E-state index contributed by atoms with van der Waals surface area (Å²) >= 11 is 0. The van der Waals surface area contributed by atoms with E-state index < -0.39 is 15.9 Å². The summed E-state index contributed by atoms with van der Waals surface area (Å²) in [5.41, 5.74) is 5.17. The van der Waals surface area contributed by atoms with Crippen LogP contribution in [-0.2, 0) is 10.0 Å². The van der Waals surface area contributed by atoms with Crippen LogP contribution in [0, 0.1) is 20.0 Å². The van der Waals surface area contributed by atoms with Crippen LogP contribution in [0.3, 0.4) is 0 Å². The van der Waals surface area contributed by atoms with Crippen LogP contribution < -0.4 is 9.46 Å². The highest BCUT2D eigenvalue weighted by Gasteiger charge is 2.31. The molecule has 0 fully saturated rings. The average Bonchev–Trinajstić information content (AvgIpc) is 3.54. The number of fused-ring (bicyclic) bond motifs is 1. The van der Waals surface area contributed by atoms with Crippen molar-refractivity contribution < 1.29 is 17.6 Å². The largest absolute Gasteiger partial charge is 0.497 e. The van der Waals surface area contributed by atoms with E-state index in [9.17, 15) is 8.42 Å². The molecule has 0 saturated carbocycles. The Morgan fingerprint density at radius 3 is 2.27 bits per heavy atom. The van der Waals surface area contributed by atoms with Crippen LogP contribution in [0.15, 0.2) is 112 Å². The van der Waals surface area contributed by atoms with E-state index in [4.69, 9.17) is 14.3 Å². The predicted molar refractivity (Wildman–Crippen MR) is 159 cm³/mol. The molecule has 4 aromatic carbocycles. The van der Waals surface area contributed by atoms with Crippen LogP contribution >= 0.6 is 0 Å². The average molecular weight is 563 g/mol. The number of rotatable bonds is 8. The van der Waals surface area contributed by atoms with Crippen molar-refractivity contribution in [2.75, 3.05) is 11.8 Å². The van der Waals surface area contributed by atoms with Gasteiger partial charge >= 0.3 is 0 Å². The fourth-order valence-corrected chi connectivity index (χ4v) is 6.01. The smallest absolute Gasteiger partial charge is 0.262 e. The summed E-state index contributed by atoms with van der Waals surface area (Å²) in [4.78, 5) is 0.172. The Balaban J connectivity index is 1.53. The molecule has 0 saturated heterocycles. The van der Waals surface area contributed by atoms with E-state index in [0.29, 0.717) is 22.4 Å². The number of sulfonamides is 1. The normalized spacial score (nSPS) is 12.4. The Hall–Kier alpha value is -4.82. The van der Waals surface area contributed by atoms with E-state index in [1.165, 1.54) is 0 Å². The van der Waals surface area contributed by atoms with Gasteiger partial charge in [0, 0.05) is 10.9 Å². The molecular weight excluding hydrogens is 534 g/mol. The third-order valence-electron chi connectivity index (χ3n) is 7.06. The van der Waals surface area contributed by atoms with E-state index in [1.54, 1.807) is 36.1 Å². The van der Waals surface area contributed by atoms with Crippen molar-refractivity contribution >= 4 is 26.7 Å². The lowest BCUT2D eigenvalue weighted by Gasteiger charge is -2.17. The minimum absolute atomic E-state index is 0.172. The topological polar surface area (TPSA) is 86.4 Å². The van der Waals surface area contributed by atoms with Crippen LogP contribution in [0.25, 0.3) is 16.7 Å². The SMILES string of the molecule is COc1ccc(-n2[c]c(C(c3ccccc3)c3oc4ccccc4c3NS(=O)(=O)c3ccc(C)cc3)c(C)n2)cc1. The molecule has 0 aliphatic heterocycles. The van der Waals surface area contributed by atoms with Crippen molar-refractivity contribution in [3.63, 3.8) is 0 Å². The Kier molecular flexibility index (Phi) is 6.85. The van der Waals surface area contributed by atoms with Crippen LogP contribution in [0.5, 0.6) is 5.75 Å². The summed E-state index contributed by atoms with van der Waals surface area (Å²) < 4.78 is 43.6. The lowest BCUT2D eigenvalue weighted by Crippen LogP contribution is -2.15. The second kappa shape index (κ2) is 10.6. The molecule has 6 aromatic rings. The zero-order chi connectivity index (χ0) is 28.6. The molecule has 205 valence electrons. The minimum atomic E-state index is -3.92. The van der Waals surface area contributed by atoms with Crippen LogP contribution in [-0.4, -0.2) is 25.3 Å². The maximum Gasteiger partial charge on any atom is 0.262 e. The summed E-state index contributed by atoms with van der Waals surface area (Å²) in [6.45, 7) is 3.83. The number of furan rings is 1. The van der Waals surface area contributed by atoms with Crippen molar-refractivity contribution in [2.24, 2.45) is 0 Å². The second-order valence-corrected chi connectivity index (χ2v) is 11.5. The quantitative estimate of drug-likeness (QED) is 0.215. The number of hydrogen-bond donors (Lipinski definition) is 1. The highest BCUT2D eigenvalue weighted by atomic mass is 32.2. The molecule has 6 rings (SSSR count). The molecule has 0 spiro atoms. The zero-order valence-corrected chi connectivity index (χ0v) is 23.6. The molecule has 8 heteroatoms. The van der Waals surface area contributed by atoms with E-state index in [2.05, 4.69) is 10.9 Å². The first-order valence-electron chi connectivity index (χ1n) is 13.1. The summed E-state index contributed by atoms with van der Waals surface area (Å²) in [7, 11) is -2.29. The Morgan fingerprint density at radius 1 is 0.878 bits per heavy atom. The van der Waals surface area contributed by atoms with Gasteiger partial charge in [0.05, 0.1) is 41.2 Å². The molecule has 0 aliphatic rings. The number of nitrogens with one attached hydrogen (secondary N) is 1. The number of anilines is 1. The van der Waals surface area contributed by atoms with E-state index in [0.717, 1.165) is 33.8 Å². The number of aryl methyl sites for hydroxylation is 2. The first kappa shape index (κ1) is 26.4. The van der Waals surface area contributed by atoms with Gasteiger partial charge in [-0.1, -0.05) is 60.2 Å². The van der Waals surface area contributed by atoms with Crippen LogP contribution in [0.1, 0.15) is 34.1 Å². The molecular formula is C33H28N3O4S. The molecule has 1 unspecified atom stereocenters. The van der Waals surface area contributed by atoms with Gasteiger partial charge in [-0.05, 0) is 67.9 Å². The van der Waals surface area contributed by atoms with E-state index in [-0.39, 0.29) is 4.90 Å². The lowest BCUT2D eigenvalue weighted by molar-refractivity contribution is 0.414. The Morgan fingerprint density at radius 2 is 1.56 bits per heavy atom. The van der Waals surface area contributed by atoms with Gasteiger partial charge < -0.3 is 9.15 Å². The fourth-order valence-electron chi connectivity index (χ4n) is 4.92. The number of aromatic nitrogens is 2. The van der Waals surface area contributed by atoms with Gasteiger partial charge in [-0.25, -0.2) is 13.1 Å². The molecule has 0 aliphatic carbocycles. The molecule has 2 heterocycles. The third kappa shape index (κ3) is 5.10. The van der Waals surface area contributed by atoms with Crippen LogP contribution in [0.4, 0.5) is 5.69 Å². The van der Waals surface area contributed by atoms with Crippen molar-refractivity contribution in [1.29, 1.82) is 0 Å². The molecule has 1 N–H and O–H groups in total. The van der Waals surface area contributed by atoms with Crippen molar-refractivity contribution in [2.45, 2.75) is 24.7 Å². The number of nitrogens with zero attached hydrogens (tertiary/aromatic N) is 2. The number of hydrogen-bond acceptors (Lipinski definition) is 5. The molecule has 1 atom stereocenters.